The van der Waals surface area contributed by atoms with E-state index < -0.39 is 41.1 Å². The number of benzene rings is 1. The highest BCUT2D eigenvalue weighted by Gasteiger charge is 2.17. The lowest BCUT2D eigenvalue weighted by atomic mass is 10.2. The Morgan fingerprint density at radius 1 is 1.12 bits per heavy atom. The van der Waals surface area contributed by atoms with E-state index in [1.54, 1.807) is 12.1 Å². The molecule has 9 nitrogen and oxygen atoms in total. The Bertz CT molecular complexity index is 744. The summed E-state index contributed by atoms with van der Waals surface area (Å²) >= 11 is 0. The number of urea groups is 1. The van der Waals surface area contributed by atoms with Gasteiger partial charge >= 0.3 is 12.0 Å². The Balaban J connectivity index is 2.37. The summed E-state index contributed by atoms with van der Waals surface area (Å²) < 4.78 is 30.7. The summed E-state index contributed by atoms with van der Waals surface area (Å²) in [5.41, 5.74) is 0.895. The number of ether oxygens (including phenoxy) is 1. The maximum absolute atomic E-state index is 12.0. The number of imide groups is 1. The predicted molar refractivity (Wildman–Crippen MR) is 93.7 cm³/mol. The summed E-state index contributed by atoms with van der Waals surface area (Å²) in [5.74, 6) is -1.55. The minimum absolute atomic E-state index is 0.00969. The van der Waals surface area contributed by atoms with Crippen molar-refractivity contribution in [1.82, 2.24) is 15.4 Å². The number of nitrogens with one attached hydrogen (secondary N) is 3. The molecule has 1 rings (SSSR count). The van der Waals surface area contributed by atoms with Crippen molar-refractivity contribution in [3.63, 3.8) is 0 Å². The van der Waals surface area contributed by atoms with Crippen molar-refractivity contribution < 1.29 is 27.5 Å². The quantitative estimate of drug-likeness (QED) is 0.552. The molecule has 1 aromatic rings. The van der Waals surface area contributed by atoms with Crippen molar-refractivity contribution >= 4 is 27.9 Å². The predicted octanol–water partition coefficient (Wildman–Crippen LogP) is 0.298. The third kappa shape index (κ3) is 8.08. The number of sulfonamides is 1. The maximum atomic E-state index is 12.0. The fourth-order valence-electron chi connectivity index (χ4n) is 1.66. The molecule has 0 aliphatic rings. The van der Waals surface area contributed by atoms with Gasteiger partial charge in [0.05, 0.1) is 4.90 Å². The fraction of sp³-hybridized carbons (Fsp3) is 0.438. The summed E-state index contributed by atoms with van der Waals surface area (Å²) in [5, 5.41) is 4.45. The first-order chi connectivity index (χ1) is 12.1. The first-order valence-corrected chi connectivity index (χ1v) is 9.38. The second-order valence-corrected chi connectivity index (χ2v) is 7.72. The highest BCUT2D eigenvalue weighted by Crippen LogP contribution is 2.09. The van der Waals surface area contributed by atoms with Crippen LogP contribution in [0.15, 0.2) is 29.2 Å². The number of carbonyl (C=O) groups excluding carboxylic acids is 3. The SMILES string of the molecule is Cc1ccc(S(=O)(=O)NCC(=O)OCC(=O)NC(=O)NCC(C)C)cc1. The summed E-state index contributed by atoms with van der Waals surface area (Å²) in [6.07, 6.45) is 0. The van der Waals surface area contributed by atoms with Crippen LogP contribution in [0, 0.1) is 12.8 Å². The van der Waals surface area contributed by atoms with Crippen LogP contribution in [0.5, 0.6) is 0 Å². The highest BCUT2D eigenvalue weighted by molar-refractivity contribution is 7.89. The van der Waals surface area contributed by atoms with Gasteiger partial charge in [0.25, 0.3) is 5.91 Å². The molecule has 0 fully saturated rings. The molecule has 3 N–H and O–H groups in total. The standard InChI is InChI=1S/C16H23N3O6S/c1-11(2)8-17-16(22)19-14(20)10-25-15(21)9-18-26(23,24)13-6-4-12(3)5-7-13/h4-7,11,18H,8-10H2,1-3H3,(H2,17,19,20,22). The van der Waals surface area contributed by atoms with Gasteiger partial charge in [0, 0.05) is 6.54 Å². The molecule has 0 aliphatic heterocycles. The molecule has 0 radical (unpaired) electrons. The molecule has 3 amide bonds. The molecule has 0 unspecified atom stereocenters. The van der Waals surface area contributed by atoms with Crippen LogP contribution in [-0.2, 0) is 24.3 Å². The molecule has 10 heteroatoms. The van der Waals surface area contributed by atoms with E-state index in [9.17, 15) is 22.8 Å². The average molecular weight is 385 g/mol. The smallest absolute Gasteiger partial charge is 0.321 e. The lowest BCUT2D eigenvalue weighted by molar-refractivity contribution is -0.147. The molecule has 0 spiro atoms. The van der Waals surface area contributed by atoms with Gasteiger partial charge in [-0.1, -0.05) is 31.5 Å². The van der Waals surface area contributed by atoms with Crippen LogP contribution in [0.25, 0.3) is 0 Å². The van der Waals surface area contributed by atoms with E-state index in [4.69, 9.17) is 0 Å². The van der Waals surface area contributed by atoms with Crippen LogP contribution in [-0.4, -0.2) is 46.0 Å². The maximum Gasteiger partial charge on any atom is 0.321 e. The lowest BCUT2D eigenvalue weighted by Crippen LogP contribution is -2.43. The second kappa shape index (κ2) is 9.88. The minimum Gasteiger partial charge on any atom is -0.455 e. The van der Waals surface area contributed by atoms with E-state index in [0.29, 0.717) is 6.54 Å². The van der Waals surface area contributed by atoms with E-state index in [0.717, 1.165) is 5.56 Å². The second-order valence-electron chi connectivity index (χ2n) is 5.95. The topological polar surface area (TPSA) is 131 Å². The first-order valence-electron chi connectivity index (χ1n) is 7.90. The molecule has 0 aliphatic carbocycles. The number of carbonyl (C=O) groups is 3. The van der Waals surface area contributed by atoms with Crippen molar-refractivity contribution in [2.24, 2.45) is 5.92 Å². The summed E-state index contributed by atoms with van der Waals surface area (Å²) in [4.78, 5) is 34.4. The van der Waals surface area contributed by atoms with Crippen LogP contribution in [0.1, 0.15) is 19.4 Å². The normalized spacial score (nSPS) is 11.1. The molecular formula is C16H23N3O6S. The molecule has 26 heavy (non-hydrogen) atoms. The first kappa shape index (κ1) is 21.6. The van der Waals surface area contributed by atoms with Gasteiger partial charge in [0.1, 0.15) is 6.54 Å². The molecule has 0 heterocycles. The minimum atomic E-state index is -3.86. The lowest BCUT2D eigenvalue weighted by Gasteiger charge is -2.09. The van der Waals surface area contributed by atoms with Gasteiger partial charge in [-0.25, -0.2) is 13.2 Å². The third-order valence-corrected chi connectivity index (χ3v) is 4.44. The van der Waals surface area contributed by atoms with Gasteiger partial charge in [-0.3, -0.25) is 14.9 Å². The number of amides is 3. The van der Waals surface area contributed by atoms with Gasteiger partial charge in [-0.2, -0.15) is 4.72 Å². The van der Waals surface area contributed by atoms with E-state index in [-0.39, 0.29) is 10.8 Å². The number of hydrogen-bond acceptors (Lipinski definition) is 6. The van der Waals surface area contributed by atoms with E-state index in [1.165, 1.54) is 12.1 Å². The van der Waals surface area contributed by atoms with Crippen molar-refractivity contribution in [1.29, 1.82) is 0 Å². The van der Waals surface area contributed by atoms with Crippen molar-refractivity contribution in [3.05, 3.63) is 29.8 Å². The highest BCUT2D eigenvalue weighted by atomic mass is 32.2. The van der Waals surface area contributed by atoms with Crippen molar-refractivity contribution in [2.75, 3.05) is 19.7 Å². The molecule has 0 aromatic heterocycles. The summed E-state index contributed by atoms with van der Waals surface area (Å²) in [7, 11) is -3.86. The Morgan fingerprint density at radius 2 is 1.73 bits per heavy atom. The van der Waals surface area contributed by atoms with Gasteiger partial charge in [-0.05, 0) is 25.0 Å². The Kier molecular flexibility index (Phi) is 8.20. The fourth-order valence-corrected chi connectivity index (χ4v) is 2.62. The van der Waals surface area contributed by atoms with E-state index in [1.807, 2.05) is 26.1 Å². The van der Waals surface area contributed by atoms with Gasteiger partial charge in [0.2, 0.25) is 10.0 Å². The van der Waals surface area contributed by atoms with Crippen molar-refractivity contribution in [2.45, 2.75) is 25.7 Å². The average Bonchev–Trinajstić information content (AvgIpc) is 2.57. The Morgan fingerprint density at radius 3 is 2.31 bits per heavy atom. The zero-order chi connectivity index (χ0) is 19.7. The van der Waals surface area contributed by atoms with Crippen LogP contribution in [0.2, 0.25) is 0 Å². The zero-order valence-electron chi connectivity index (χ0n) is 14.9. The number of hydrogen-bond donors (Lipinski definition) is 3. The van der Waals surface area contributed by atoms with Crippen LogP contribution in [0.4, 0.5) is 4.79 Å². The molecule has 0 bridgehead atoms. The van der Waals surface area contributed by atoms with Crippen molar-refractivity contribution in [3.8, 4) is 0 Å². The number of aryl methyl sites for hydroxylation is 1. The Hall–Kier alpha value is -2.46. The zero-order valence-corrected chi connectivity index (χ0v) is 15.7. The van der Waals surface area contributed by atoms with Crippen LogP contribution < -0.4 is 15.4 Å². The number of rotatable bonds is 8. The van der Waals surface area contributed by atoms with Crippen LogP contribution >= 0.6 is 0 Å². The Labute approximate surface area is 152 Å². The summed E-state index contributed by atoms with van der Waals surface area (Å²) in [6.45, 7) is 4.65. The van der Waals surface area contributed by atoms with Crippen LogP contribution in [0.3, 0.4) is 0 Å². The molecule has 144 valence electrons. The van der Waals surface area contributed by atoms with Gasteiger partial charge in [0.15, 0.2) is 6.61 Å². The third-order valence-electron chi connectivity index (χ3n) is 3.03. The molecule has 1 aromatic carbocycles. The molecule has 0 saturated carbocycles. The van der Waals surface area contributed by atoms with E-state index >= 15 is 0 Å². The van der Waals surface area contributed by atoms with E-state index in [2.05, 4.69) is 14.8 Å². The monoisotopic (exact) mass is 385 g/mol. The molecular weight excluding hydrogens is 362 g/mol. The molecule has 0 saturated heterocycles. The number of esters is 1. The molecule has 0 atom stereocenters. The van der Waals surface area contributed by atoms with Gasteiger partial charge < -0.3 is 10.1 Å². The largest absolute Gasteiger partial charge is 0.455 e. The van der Waals surface area contributed by atoms with Gasteiger partial charge in [-0.15, -0.1) is 0 Å². The summed E-state index contributed by atoms with van der Waals surface area (Å²) in [6, 6.07) is 5.38.